The number of amides is 1. The van der Waals surface area contributed by atoms with E-state index < -0.39 is 5.97 Å². The highest BCUT2D eigenvalue weighted by Crippen LogP contribution is 2.28. The summed E-state index contributed by atoms with van der Waals surface area (Å²) in [5.41, 5.74) is 0. The van der Waals surface area contributed by atoms with E-state index in [1.54, 1.807) is 0 Å². The van der Waals surface area contributed by atoms with Gasteiger partial charge in [0.15, 0.2) is 0 Å². The molecule has 1 saturated carbocycles. The molecule has 170 valence electrons. The monoisotopic (exact) mass is 409 g/mol. The van der Waals surface area contributed by atoms with E-state index in [0.717, 1.165) is 45.1 Å². The van der Waals surface area contributed by atoms with Crippen molar-refractivity contribution in [1.82, 2.24) is 5.32 Å². The summed E-state index contributed by atoms with van der Waals surface area (Å²) >= 11 is 0. The van der Waals surface area contributed by atoms with Gasteiger partial charge in [-0.25, -0.2) is 0 Å². The van der Waals surface area contributed by atoms with Gasteiger partial charge in [-0.05, 0) is 38.0 Å². The molecule has 0 spiro atoms. The van der Waals surface area contributed by atoms with Crippen LogP contribution in [0.4, 0.5) is 0 Å². The lowest BCUT2D eigenvalue weighted by molar-refractivity contribution is -0.143. The number of rotatable bonds is 18. The largest absolute Gasteiger partial charge is 0.481 e. The molecule has 0 atom stereocenters. The second-order valence-electron chi connectivity index (χ2n) is 9.21. The van der Waals surface area contributed by atoms with Gasteiger partial charge in [0.2, 0.25) is 5.91 Å². The Labute approximate surface area is 179 Å². The van der Waals surface area contributed by atoms with Crippen LogP contribution in [-0.2, 0) is 9.59 Å². The van der Waals surface area contributed by atoms with Crippen molar-refractivity contribution in [1.29, 1.82) is 0 Å². The Morgan fingerprint density at radius 3 is 1.62 bits per heavy atom. The molecule has 0 aliphatic heterocycles. The molecule has 1 aliphatic rings. The van der Waals surface area contributed by atoms with Crippen LogP contribution in [0.25, 0.3) is 0 Å². The minimum Gasteiger partial charge on any atom is -0.481 e. The molecule has 1 aliphatic carbocycles. The number of carbonyl (C=O) groups excluding carboxylic acids is 1. The van der Waals surface area contributed by atoms with Crippen molar-refractivity contribution in [3.05, 3.63) is 0 Å². The Kier molecular flexibility index (Phi) is 15.9. The van der Waals surface area contributed by atoms with Crippen molar-refractivity contribution in [2.24, 2.45) is 11.8 Å². The molecule has 1 fully saturated rings. The predicted molar refractivity (Wildman–Crippen MR) is 121 cm³/mol. The van der Waals surface area contributed by atoms with Crippen molar-refractivity contribution in [2.45, 2.75) is 129 Å². The third-order valence-electron chi connectivity index (χ3n) is 6.54. The molecule has 4 nitrogen and oxygen atoms in total. The number of carbonyl (C=O) groups is 2. The fourth-order valence-electron chi connectivity index (χ4n) is 4.44. The lowest BCUT2D eigenvalue weighted by atomic mass is 9.82. The highest BCUT2D eigenvalue weighted by Gasteiger charge is 2.25. The van der Waals surface area contributed by atoms with Crippen molar-refractivity contribution in [3.8, 4) is 0 Å². The first-order valence-electron chi connectivity index (χ1n) is 12.6. The standard InChI is InChI=1S/C25H47NO3/c1-2-3-4-5-6-7-8-9-10-11-12-13-14-15-16-24(27)26-21-22-17-19-23(20-18-22)25(28)29/h22-23H,2-21H2,1H3,(H,26,27)(H,28,29)/t22-,23-. The van der Waals surface area contributed by atoms with Gasteiger partial charge >= 0.3 is 5.97 Å². The molecule has 29 heavy (non-hydrogen) atoms. The van der Waals surface area contributed by atoms with Crippen LogP contribution in [0.2, 0.25) is 0 Å². The van der Waals surface area contributed by atoms with Gasteiger partial charge in [0.05, 0.1) is 5.92 Å². The fraction of sp³-hybridized carbons (Fsp3) is 0.920. The van der Waals surface area contributed by atoms with E-state index in [4.69, 9.17) is 5.11 Å². The summed E-state index contributed by atoms with van der Waals surface area (Å²) < 4.78 is 0. The molecule has 1 amide bonds. The molecule has 0 aromatic carbocycles. The van der Waals surface area contributed by atoms with Crippen LogP contribution in [0, 0.1) is 11.8 Å². The molecule has 0 saturated heterocycles. The summed E-state index contributed by atoms with van der Waals surface area (Å²) in [4.78, 5) is 22.9. The lowest BCUT2D eigenvalue weighted by Gasteiger charge is -2.26. The number of aliphatic carboxylic acids is 1. The van der Waals surface area contributed by atoms with Crippen LogP contribution in [0.3, 0.4) is 0 Å². The third-order valence-corrected chi connectivity index (χ3v) is 6.54. The highest BCUT2D eigenvalue weighted by atomic mass is 16.4. The van der Waals surface area contributed by atoms with Gasteiger partial charge in [0.1, 0.15) is 0 Å². The van der Waals surface area contributed by atoms with Crippen LogP contribution in [0.5, 0.6) is 0 Å². The van der Waals surface area contributed by atoms with E-state index in [9.17, 15) is 9.59 Å². The lowest BCUT2D eigenvalue weighted by Crippen LogP contribution is -2.32. The number of nitrogens with one attached hydrogen (secondary N) is 1. The number of carboxylic acids is 1. The Morgan fingerprint density at radius 1 is 0.724 bits per heavy atom. The van der Waals surface area contributed by atoms with Gasteiger partial charge in [-0.15, -0.1) is 0 Å². The molecule has 0 heterocycles. The fourth-order valence-corrected chi connectivity index (χ4v) is 4.44. The first-order chi connectivity index (χ1) is 14.1. The summed E-state index contributed by atoms with van der Waals surface area (Å²) in [6, 6.07) is 0. The van der Waals surface area contributed by atoms with Gasteiger partial charge in [-0.1, -0.05) is 90.4 Å². The minimum absolute atomic E-state index is 0.169. The molecule has 0 bridgehead atoms. The molecular weight excluding hydrogens is 362 g/mol. The Balaban J connectivity index is 1.81. The van der Waals surface area contributed by atoms with E-state index in [2.05, 4.69) is 12.2 Å². The van der Waals surface area contributed by atoms with Gasteiger partial charge in [0, 0.05) is 13.0 Å². The molecule has 0 aromatic heterocycles. The topological polar surface area (TPSA) is 66.4 Å². The van der Waals surface area contributed by atoms with Crippen LogP contribution >= 0.6 is 0 Å². The summed E-state index contributed by atoms with van der Waals surface area (Å²) in [5.74, 6) is -0.196. The summed E-state index contributed by atoms with van der Waals surface area (Å²) in [7, 11) is 0. The van der Waals surface area contributed by atoms with E-state index >= 15 is 0 Å². The molecular formula is C25H47NO3. The van der Waals surface area contributed by atoms with Gasteiger partial charge in [-0.2, -0.15) is 0 Å². The van der Waals surface area contributed by atoms with Gasteiger partial charge < -0.3 is 10.4 Å². The van der Waals surface area contributed by atoms with Gasteiger partial charge in [0.25, 0.3) is 0 Å². The van der Waals surface area contributed by atoms with Crippen LogP contribution in [0.1, 0.15) is 129 Å². The molecule has 0 radical (unpaired) electrons. The van der Waals surface area contributed by atoms with Crippen molar-refractivity contribution in [2.75, 3.05) is 6.54 Å². The SMILES string of the molecule is CCCCCCCCCCCCCCCCC(=O)NC[C@H]1CC[C@H](C(=O)O)CC1. The molecule has 0 aromatic rings. The molecule has 1 rings (SSSR count). The second-order valence-corrected chi connectivity index (χ2v) is 9.21. The second kappa shape index (κ2) is 17.8. The van der Waals surface area contributed by atoms with Crippen LogP contribution in [-0.4, -0.2) is 23.5 Å². The molecule has 4 heteroatoms. The van der Waals surface area contributed by atoms with Crippen LogP contribution < -0.4 is 5.32 Å². The summed E-state index contributed by atoms with van der Waals surface area (Å²) in [5, 5.41) is 12.1. The number of carboxylic acid groups (broad SMARTS) is 1. The Hall–Kier alpha value is -1.06. The summed E-state index contributed by atoms with van der Waals surface area (Å²) in [6.07, 6.45) is 22.7. The van der Waals surface area contributed by atoms with E-state index in [-0.39, 0.29) is 11.8 Å². The van der Waals surface area contributed by atoms with E-state index in [1.807, 2.05) is 0 Å². The van der Waals surface area contributed by atoms with E-state index in [1.165, 1.54) is 77.0 Å². The Bertz CT molecular complexity index is 416. The number of hydrogen-bond donors (Lipinski definition) is 2. The summed E-state index contributed by atoms with van der Waals surface area (Å²) in [6.45, 7) is 3.00. The smallest absolute Gasteiger partial charge is 0.306 e. The number of hydrogen-bond acceptors (Lipinski definition) is 2. The normalized spacial score (nSPS) is 19.2. The molecule has 0 unspecified atom stereocenters. The molecule has 2 N–H and O–H groups in total. The highest BCUT2D eigenvalue weighted by molar-refractivity contribution is 5.75. The average Bonchev–Trinajstić information content (AvgIpc) is 2.72. The third kappa shape index (κ3) is 14.5. The van der Waals surface area contributed by atoms with E-state index in [0.29, 0.717) is 12.3 Å². The maximum atomic E-state index is 12.0. The first kappa shape index (κ1) is 26.0. The van der Waals surface area contributed by atoms with Crippen LogP contribution in [0.15, 0.2) is 0 Å². The van der Waals surface area contributed by atoms with Gasteiger partial charge in [-0.3, -0.25) is 9.59 Å². The zero-order valence-corrected chi connectivity index (χ0v) is 19.1. The predicted octanol–water partition coefficient (Wildman–Crippen LogP) is 6.87. The Morgan fingerprint density at radius 2 is 1.17 bits per heavy atom. The maximum absolute atomic E-state index is 12.0. The zero-order valence-electron chi connectivity index (χ0n) is 19.1. The first-order valence-corrected chi connectivity index (χ1v) is 12.6. The van der Waals surface area contributed by atoms with Crippen molar-refractivity contribution < 1.29 is 14.7 Å². The van der Waals surface area contributed by atoms with Crippen molar-refractivity contribution >= 4 is 11.9 Å². The average molecular weight is 410 g/mol. The maximum Gasteiger partial charge on any atom is 0.306 e. The minimum atomic E-state index is -0.662. The number of unbranched alkanes of at least 4 members (excludes halogenated alkanes) is 13. The van der Waals surface area contributed by atoms with Crippen molar-refractivity contribution in [3.63, 3.8) is 0 Å². The quantitative estimate of drug-likeness (QED) is 0.243. The zero-order chi connectivity index (χ0) is 21.2.